The number of hydrogen-bond acceptors (Lipinski definition) is 5. The predicted molar refractivity (Wildman–Crippen MR) is 105 cm³/mol. The van der Waals surface area contributed by atoms with Gasteiger partial charge in [-0.15, -0.1) is 0 Å². The molecule has 7 nitrogen and oxygen atoms in total. The van der Waals surface area contributed by atoms with Gasteiger partial charge in [-0.3, -0.25) is 19.7 Å². The van der Waals surface area contributed by atoms with Crippen molar-refractivity contribution in [2.45, 2.75) is 19.4 Å². The zero-order valence-corrected chi connectivity index (χ0v) is 15.1. The van der Waals surface area contributed by atoms with Crippen molar-refractivity contribution < 1.29 is 19.2 Å². The van der Waals surface area contributed by atoms with Crippen molar-refractivity contribution in [1.82, 2.24) is 0 Å². The molecule has 3 aromatic rings. The van der Waals surface area contributed by atoms with E-state index in [0.717, 1.165) is 16.3 Å². The van der Waals surface area contributed by atoms with Gasteiger partial charge in [0.1, 0.15) is 5.69 Å². The van der Waals surface area contributed by atoms with E-state index >= 15 is 0 Å². The van der Waals surface area contributed by atoms with E-state index in [0.29, 0.717) is 0 Å². The Balaban J connectivity index is 1.65. The number of ether oxygens (including phenoxy) is 1. The molecule has 0 bridgehead atoms. The van der Waals surface area contributed by atoms with E-state index in [1.807, 2.05) is 42.5 Å². The lowest BCUT2D eigenvalue weighted by Crippen LogP contribution is -2.30. The molecule has 0 aliphatic rings. The first kappa shape index (κ1) is 19.0. The van der Waals surface area contributed by atoms with E-state index in [9.17, 15) is 19.7 Å². The maximum Gasteiger partial charge on any atom is 0.311 e. The molecule has 0 fully saturated rings. The third-order valence-corrected chi connectivity index (χ3v) is 4.25. The van der Waals surface area contributed by atoms with Crippen molar-refractivity contribution in [2.75, 3.05) is 5.32 Å². The largest absolute Gasteiger partial charge is 0.452 e. The summed E-state index contributed by atoms with van der Waals surface area (Å²) in [5, 5.41) is 15.4. The molecule has 0 saturated carbocycles. The smallest absolute Gasteiger partial charge is 0.311 e. The van der Waals surface area contributed by atoms with Gasteiger partial charge in [0, 0.05) is 6.07 Å². The molecule has 3 rings (SSSR count). The summed E-state index contributed by atoms with van der Waals surface area (Å²) in [5.74, 6) is -1.19. The molecule has 7 heteroatoms. The van der Waals surface area contributed by atoms with Gasteiger partial charge in [0.25, 0.3) is 11.6 Å². The number of para-hydroxylation sites is 2. The molecular formula is C21H18N2O5. The number of rotatable bonds is 6. The molecule has 142 valence electrons. The van der Waals surface area contributed by atoms with E-state index in [-0.39, 0.29) is 17.8 Å². The van der Waals surface area contributed by atoms with Gasteiger partial charge in [0.2, 0.25) is 0 Å². The second-order valence-electron chi connectivity index (χ2n) is 6.21. The highest BCUT2D eigenvalue weighted by atomic mass is 16.6. The van der Waals surface area contributed by atoms with Crippen molar-refractivity contribution in [3.05, 3.63) is 82.4 Å². The van der Waals surface area contributed by atoms with Crippen molar-refractivity contribution in [3.8, 4) is 0 Å². The first-order valence-corrected chi connectivity index (χ1v) is 8.66. The third kappa shape index (κ3) is 4.32. The van der Waals surface area contributed by atoms with Gasteiger partial charge in [-0.05, 0) is 29.3 Å². The summed E-state index contributed by atoms with van der Waals surface area (Å²) in [6.45, 7) is 1.42. The number of carbonyl (C=O) groups excluding carboxylic acids is 2. The van der Waals surface area contributed by atoms with Gasteiger partial charge in [0.05, 0.1) is 11.3 Å². The van der Waals surface area contributed by atoms with Crippen LogP contribution in [0.2, 0.25) is 0 Å². The SMILES string of the molecule is C[C@H](OC(=O)Cc1cccc2ccccc12)C(=O)Nc1ccccc1[N+](=O)[O-]. The summed E-state index contributed by atoms with van der Waals surface area (Å²) < 4.78 is 5.22. The lowest BCUT2D eigenvalue weighted by Gasteiger charge is -2.14. The van der Waals surface area contributed by atoms with Crippen LogP contribution in [0.4, 0.5) is 11.4 Å². The summed E-state index contributed by atoms with van der Waals surface area (Å²) in [6.07, 6.45) is -1.08. The van der Waals surface area contributed by atoms with Gasteiger partial charge in [-0.2, -0.15) is 0 Å². The number of nitro groups is 1. The molecule has 3 aromatic carbocycles. The second-order valence-corrected chi connectivity index (χ2v) is 6.21. The Labute approximate surface area is 161 Å². The van der Waals surface area contributed by atoms with Gasteiger partial charge in [0.15, 0.2) is 6.10 Å². The molecule has 0 aliphatic carbocycles. The summed E-state index contributed by atoms with van der Waals surface area (Å²) in [4.78, 5) is 35.0. The molecule has 0 heterocycles. The minimum Gasteiger partial charge on any atom is -0.452 e. The second kappa shape index (κ2) is 8.30. The fourth-order valence-corrected chi connectivity index (χ4v) is 2.87. The van der Waals surface area contributed by atoms with Crippen LogP contribution < -0.4 is 5.32 Å². The summed E-state index contributed by atoms with van der Waals surface area (Å²) in [6, 6.07) is 19.1. The molecule has 0 spiro atoms. The first-order valence-electron chi connectivity index (χ1n) is 8.66. The number of amides is 1. The fraction of sp³-hybridized carbons (Fsp3) is 0.143. The van der Waals surface area contributed by atoms with E-state index < -0.39 is 22.9 Å². The van der Waals surface area contributed by atoms with E-state index in [1.54, 1.807) is 6.07 Å². The minimum atomic E-state index is -1.10. The van der Waals surface area contributed by atoms with Gasteiger partial charge in [-0.25, -0.2) is 0 Å². The van der Waals surface area contributed by atoms with Crippen molar-refractivity contribution >= 4 is 34.0 Å². The zero-order valence-electron chi connectivity index (χ0n) is 15.1. The van der Waals surface area contributed by atoms with Crippen LogP contribution in [0.1, 0.15) is 12.5 Å². The topological polar surface area (TPSA) is 98.5 Å². The number of benzene rings is 3. The molecule has 0 aliphatic heterocycles. The van der Waals surface area contributed by atoms with Crippen LogP contribution in [0, 0.1) is 10.1 Å². The van der Waals surface area contributed by atoms with Crippen molar-refractivity contribution in [3.63, 3.8) is 0 Å². The number of hydrogen-bond donors (Lipinski definition) is 1. The number of nitrogens with one attached hydrogen (secondary N) is 1. The molecule has 0 saturated heterocycles. The van der Waals surface area contributed by atoms with E-state index in [4.69, 9.17) is 4.74 Å². The standard InChI is InChI=1S/C21H18N2O5/c1-14(21(25)22-18-11-4-5-12-19(18)23(26)27)28-20(24)13-16-9-6-8-15-7-2-3-10-17(15)16/h2-12,14H,13H2,1H3,(H,22,25)/t14-/m0/s1. The van der Waals surface area contributed by atoms with Crippen LogP contribution in [-0.2, 0) is 20.7 Å². The highest BCUT2D eigenvalue weighted by Crippen LogP contribution is 2.23. The molecule has 1 N–H and O–H groups in total. The number of anilines is 1. The molecular weight excluding hydrogens is 360 g/mol. The van der Waals surface area contributed by atoms with Gasteiger partial charge < -0.3 is 10.1 Å². The van der Waals surface area contributed by atoms with Crippen LogP contribution in [-0.4, -0.2) is 22.9 Å². The Hall–Kier alpha value is -3.74. The van der Waals surface area contributed by atoms with Gasteiger partial charge >= 0.3 is 5.97 Å². The normalized spacial score (nSPS) is 11.6. The van der Waals surface area contributed by atoms with Crippen molar-refractivity contribution in [2.24, 2.45) is 0 Å². The van der Waals surface area contributed by atoms with Crippen LogP contribution in [0.5, 0.6) is 0 Å². The fourth-order valence-electron chi connectivity index (χ4n) is 2.87. The molecule has 28 heavy (non-hydrogen) atoms. The Bertz CT molecular complexity index is 1040. The molecule has 1 amide bonds. The Kier molecular flexibility index (Phi) is 5.64. The number of nitrogens with zero attached hydrogens (tertiary/aromatic N) is 1. The average molecular weight is 378 g/mol. The maximum absolute atomic E-state index is 12.3. The summed E-state index contributed by atoms with van der Waals surface area (Å²) in [5.41, 5.74) is 0.619. The summed E-state index contributed by atoms with van der Waals surface area (Å²) >= 11 is 0. The average Bonchev–Trinajstić information content (AvgIpc) is 2.68. The molecule has 0 unspecified atom stereocenters. The van der Waals surface area contributed by atoms with Gasteiger partial charge in [-0.1, -0.05) is 54.6 Å². The monoisotopic (exact) mass is 378 g/mol. The Morgan fingerprint density at radius 3 is 2.50 bits per heavy atom. The highest BCUT2D eigenvalue weighted by molar-refractivity contribution is 5.97. The van der Waals surface area contributed by atoms with Crippen molar-refractivity contribution in [1.29, 1.82) is 0 Å². The van der Waals surface area contributed by atoms with E-state index in [1.165, 1.54) is 25.1 Å². The van der Waals surface area contributed by atoms with Crippen LogP contribution >= 0.6 is 0 Å². The predicted octanol–water partition coefficient (Wildman–Crippen LogP) is 3.86. The van der Waals surface area contributed by atoms with Crippen LogP contribution in [0.25, 0.3) is 10.8 Å². The number of nitro benzene ring substituents is 1. The van der Waals surface area contributed by atoms with Crippen LogP contribution in [0.15, 0.2) is 66.7 Å². The lowest BCUT2D eigenvalue weighted by molar-refractivity contribution is -0.383. The third-order valence-electron chi connectivity index (χ3n) is 4.25. The molecule has 0 aromatic heterocycles. The van der Waals surface area contributed by atoms with Crippen LogP contribution in [0.3, 0.4) is 0 Å². The zero-order chi connectivity index (χ0) is 20.1. The number of fused-ring (bicyclic) bond motifs is 1. The minimum absolute atomic E-state index is 0.0183. The quantitative estimate of drug-likeness (QED) is 0.399. The number of carbonyl (C=O) groups is 2. The number of esters is 1. The maximum atomic E-state index is 12.3. The summed E-state index contributed by atoms with van der Waals surface area (Å²) in [7, 11) is 0. The highest BCUT2D eigenvalue weighted by Gasteiger charge is 2.22. The Morgan fingerprint density at radius 1 is 1.04 bits per heavy atom. The lowest BCUT2D eigenvalue weighted by atomic mass is 10.0. The Morgan fingerprint density at radius 2 is 1.71 bits per heavy atom. The molecule has 1 atom stereocenters. The molecule has 0 radical (unpaired) electrons. The first-order chi connectivity index (χ1) is 13.5. The van der Waals surface area contributed by atoms with E-state index in [2.05, 4.69) is 5.32 Å².